The number of benzene rings is 2. The molecular formula is C20H18N4O4S. The molecule has 0 saturated heterocycles. The summed E-state index contributed by atoms with van der Waals surface area (Å²) in [5.41, 5.74) is 1.09. The predicted octanol–water partition coefficient (Wildman–Crippen LogP) is 3.06. The largest absolute Gasteiger partial charge is 0.497 e. The topological polar surface area (TPSA) is 114 Å². The number of nitriles is 1. The lowest BCUT2D eigenvalue weighted by Crippen LogP contribution is -2.16. The molecule has 1 heterocycles. The number of ketones is 1. The van der Waals surface area contributed by atoms with Gasteiger partial charge < -0.3 is 4.74 Å². The molecule has 0 aliphatic heterocycles. The molecule has 3 rings (SSSR count). The van der Waals surface area contributed by atoms with E-state index in [0.717, 1.165) is 5.56 Å². The average Bonchev–Trinajstić information content (AvgIpc) is 3.06. The smallest absolute Gasteiger partial charge is 0.263 e. The Morgan fingerprint density at radius 1 is 1.14 bits per heavy atom. The Balaban J connectivity index is 2.16. The Bertz CT molecular complexity index is 1210. The van der Waals surface area contributed by atoms with Crippen LogP contribution in [0, 0.1) is 18.3 Å². The van der Waals surface area contributed by atoms with Crippen molar-refractivity contribution in [2.45, 2.75) is 18.7 Å². The maximum Gasteiger partial charge on any atom is 0.263 e. The van der Waals surface area contributed by atoms with Crippen LogP contribution >= 0.6 is 0 Å². The fourth-order valence-corrected chi connectivity index (χ4v) is 3.73. The Hall–Kier alpha value is -3.64. The number of Topliss-reactive ketones (excluding diaryl/α,β-unsaturated/α-hetero) is 1. The third kappa shape index (κ3) is 3.97. The Labute approximate surface area is 168 Å². The van der Waals surface area contributed by atoms with Gasteiger partial charge in [-0.15, -0.1) is 0 Å². The van der Waals surface area contributed by atoms with Gasteiger partial charge in [0.15, 0.2) is 11.6 Å². The highest BCUT2D eigenvalue weighted by Crippen LogP contribution is 2.27. The van der Waals surface area contributed by atoms with E-state index in [1.54, 1.807) is 36.4 Å². The van der Waals surface area contributed by atoms with Gasteiger partial charge in [-0.3, -0.25) is 9.52 Å². The highest BCUT2D eigenvalue weighted by Gasteiger charge is 2.26. The van der Waals surface area contributed by atoms with Crippen molar-refractivity contribution in [2.75, 3.05) is 11.8 Å². The summed E-state index contributed by atoms with van der Waals surface area (Å²) >= 11 is 0. The molecule has 0 bridgehead atoms. The predicted molar refractivity (Wildman–Crippen MR) is 107 cm³/mol. The van der Waals surface area contributed by atoms with Crippen LogP contribution in [0.2, 0.25) is 0 Å². The molecule has 1 N–H and O–H groups in total. The molecule has 0 spiro atoms. The lowest BCUT2D eigenvalue weighted by Gasteiger charge is -2.12. The molecule has 2 aromatic carbocycles. The number of sulfonamides is 1. The average molecular weight is 410 g/mol. The van der Waals surface area contributed by atoms with Crippen LogP contribution in [0.4, 0.5) is 5.82 Å². The molecule has 1 aromatic heterocycles. The Morgan fingerprint density at radius 3 is 2.28 bits per heavy atom. The number of nitrogens with one attached hydrogen (secondary N) is 1. The van der Waals surface area contributed by atoms with Crippen molar-refractivity contribution in [2.24, 2.45) is 0 Å². The van der Waals surface area contributed by atoms with Crippen molar-refractivity contribution >= 4 is 21.6 Å². The highest BCUT2D eigenvalue weighted by atomic mass is 32.2. The minimum absolute atomic E-state index is 0.0267. The van der Waals surface area contributed by atoms with E-state index in [4.69, 9.17) is 4.74 Å². The summed E-state index contributed by atoms with van der Waals surface area (Å²) in [5, 5.41) is 13.8. The van der Waals surface area contributed by atoms with Crippen molar-refractivity contribution in [1.82, 2.24) is 9.78 Å². The molecule has 0 amide bonds. The van der Waals surface area contributed by atoms with Gasteiger partial charge in [0.25, 0.3) is 10.0 Å². The summed E-state index contributed by atoms with van der Waals surface area (Å²) in [6, 6.07) is 14.7. The molecule has 0 fully saturated rings. The van der Waals surface area contributed by atoms with Crippen LogP contribution in [-0.2, 0) is 10.0 Å². The summed E-state index contributed by atoms with van der Waals surface area (Å²) in [4.78, 5) is 12.0. The number of carbonyl (C=O) groups excluding carboxylic acids is 1. The van der Waals surface area contributed by atoms with Crippen LogP contribution in [0.5, 0.6) is 5.75 Å². The number of aromatic nitrogens is 2. The molecule has 148 valence electrons. The SMILES string of the molecule is COc1ccc(-n2nc(C(C)=O)c(C#N)c2NS(=O)(=O)c2ccc(C)cc2)cc1. The fraction of sp³-hybridized carbons (Fsp3) is 0.150. The quantitative estimate of drug-likeness (QED) is 0.625. The minimum Gasteiger partial charge on any atom is -0.497 e. The molecular weight excluding hydrogens is 392 g/mol. The summed E-state index contributed by atoms with van der Waals surface area (Å²) in [6.07, 6.45) is 0. The number of hydrogen-bond donors (Lipinski definition) is 1. The van der Waals surface area contributed by atoms with Crippen molar-refractivity contribution in [3.05, 3.63) is 65.4 Å². The molecule has 0 radical (unpaired) electrons. The zero-order valence-corrected chi connectivity index (χ0v) is 16.8. The van der Waals surface area contributed by atoms with Crippen LogP contribution in [0.1, 0.15) is 28.5 Å². The Morgan fingerprint density at radius 2 is 1.76 bits per heavy atom. The molecule has 3 aromatic rings. The van der Waals surface area contributed by atoms with Gasteiger partial charge in [0, 0.05) is 6.92 Å². The van der Waals surface area contributed by atoms with E-state index in [1.807, 2.05) is 13.0 Å². The number of aryl methyl sites for hydroxylation is 1. The van der Waals surface area contributed by atoms with Gasteiger partial charge >= 0.3 is 0 Å². The number of hydrogen-bond acceptors (Lipinski definition) is 6. The van der Waals surface area contributed by atoms with E-state index in [9.17, 15) is 18.5 Å². The van der Waals surface area contributed by atoms with Gasteiger partial charge in [-0.2, -0.15) is 10.4 Å². The lowest BCUT2D eigenvalue weighted by molar-refractivity contribution is 0.101. The first-order valence-electron chi connectivity index (χ1n) is 8.55. The summed E-state index contributed by atoms with van der Waals surface area (Å²) in [5.74, 6) is 0.0306. The second-order valence-corrected chi connectivity index (χ2v) is 7.95. The van der Waals surface area contributed by atoms with Gasteiger partial charge in [0.1, 0.15) is 23.1 Å². The lowest BCUT2D eigenvalue weighted by atomic mass is 10.2. The first-order valence-corrected chi connectivity index (χ1v) is 10.0. The molecule has 0 saturated carbocycles. The molecule has 29 heavy (non-hydrogen) atoms. The number of methoxy groups -OCH3 is 1. The van der Waals surface area contributed by atoms with Gasteiger partial charge in [0.05, 0.1) is 17.7 Å². The highest BCUT2D eigenvalue weighted by molar-refractivity contribution is 7.92. The molecule has 9 heteroatoms. The van der Waals surface area contributed by atoms with Crippen molar-refractivity contribution in [1.29, 1.82) is 5.26 Å². The minimum atomic E-state index is -4.02. The van der Waals surface area contributed by atoms with Crippen molar-refractivity contribution in [3.8, 4) is 17.5 Å². The number of rotatable bonds is 6. The van der Waals surface area contributed by atoms with Gasteiger partial charge in [-0.1, -0.05) is 17.7 Å². The van der Waals surface area contributed by atoms with E-state index in [0.29, 0.717) is 11.4 Å². The number of nitrogens with zero attached hydrogens (tertiary/aromatic N) is 3. The van der Waals surface area contributed by atoms with Crippen molar-refractivity contribution in [3.63, 3.8) is 0 Å². The van der Waals surface area contributed by atoms with Crippen LogP contribution in [0.15, 0.2) is 53.4 Å². The number of carbonyl (C=O) groups is 1. The summed E-state index contributed by atoms with van der Waals surface area (Å²) in [6.45, 7) is 3.11. The first-order chi connectivity index (χ1) is 13.8. The molecule has 0 atom stereocenters. The van der Waals surface area contributed by atoms with E-state index in [2.05, 4.69) is 9.82 Å². The Kier molecular flexibility index (Phi) is 5.39. The van der Waals surface area contributed by atoms with Gasteiger partial charge in [-0.05, 0) is 43.3 Å². The van der Waals surface area contributed by atoms with E-state index in [-0.39, 0.29) is 22.0 Å². The zero-order chi connectivity index (χ0) is 21.2. The fourth-order valence-electron chi connectivity index (χ4n) is 2.68. The monoisotopic (exact) mass is 410 g/mol. The van der Waals surface area contributed by atoms with E-state index in [1.165, 1.54) is 30.8 Å². The van der Waals surface area contributed by atoms with Crippen LogP contribution in [0.25, 0.3) is 5.69 Å². The molecule has 8 nitrogen and oxygen atoms in total. The standard InChI is InChI=1S/C20H18N4O4S/c1-13-4-10-17(11-5-13)29(26,27)23-20-18(12-21)19(14(2)25)22-24(20)15-6-8-16(28-3)9-7-15/h4-11,23H,1-3H3. The van der Waals surface area contributed by atoms with Crippen molar-refractivity contribution < 1.29 is 17.9 Å². The van der Waals surface area contributed by atoms with Crippen LogP contribution in [0.3, 0.4) is 0 Å². The number of ether oxygens (including phenoxy) is 1. The van der Waals surface area contributed by atoms with E-state index >= 15 is 0 Å². The third-order valence-electron chi connectivity index (χ3n) is 4.21. The number of anilines is 1. The van der Waals surface area contributed by atoms with Crippen LogP contribution in [-0.4, -0.2) is 31.1 Å². The van der Waals surface area contributed by atoms with Gasteiger partial charge in [-0.25, -0.2) is 13.1 Å². The zero-order valence-electron chi connectivity index (χ0n) is 16.0. The third-order valence-corrected chi connectivity index (χ3v) is 5.56. The normalized spacial score (nSPS) is 11.0. The summed E-state index contributed by atoms with van der Waals surface area (Å²) in [7, 11) is -2.50. The second-order valence-electron chi connectivity index (χ2n) is 6.27. The van der Waals surface area contributed by atoms with E-state index < -0.39 is 15.8 Å². The molecule has 0 aliphatic carbocycles. The molecule has 0 aliphatic rings. The maximum atomic E-state index is 12.9. The van der Waals surface area contributed by atoms with Crippen LogP contribution < -0.4 is 9.46 Å². The molecule has 0 unspecified atom stereocenters. The van der Waals surface area contributed by atoms with Gasteiger partial charge in [0.2, 0.25) is 0 Å². The first kappa shape index (κ1) is 20.1. The second kappa shape index (κ2) is 7.77. The summed E-state index contributed by atoms with van der Waals surface area (Å²) < 4.78 is 34.5. The maximum absolute atomic E-state index is 12.9.